The minimum Gasteiger partial charge on any atom is -0.489 e. The number of rotatable bonds is 7. The summed E-state index contributed by atoms with van der Waals surface area (Å²) in [6.45, 7) is 6.51. The largest absolute Gasteiger partial charge is 0.489 e. The fraction of sp³-hybridized carbons (Fsp3) is 0.429. The van der Waals surface area contributed by atoms with E-state index in [0.29, 0.717) is 6.61 Å². The maximum absolute atomic E-state index is 5.73. The van der Waals surface area contributed by atoms with Crippen molar-refractivity contribution >= 4 is 11.6 Å². The SMILES string of the molecule is CCCNCc1ccccc1OC/C(C)=C/Cl. The van der Waals surface area contributed by atoms with Crippen molar-refractivity contribution in [3.63, 3.8) is 0 Å². The summed E-state index contributed by atoms with van der Waals surface area (Å²) < 4.78 is 5.73. The predicted octanol–water partition coefficient (Wildman–Crippen LogP) is 3.71. The van der Waals surface area contributed by atoms with Gasteiger partial charge in [-0.05, 0) is 31.5 Å². The third-order valence-electron chi connectivity index (χ3n) is 2.36. The van der Waals surface area contributed by atoms with Crippen LogP contribution in [0.1, 0.15) is 25.8 Å². The van der Waals surface area contributed by atoms with Crippen molar-refractivity contribution in [2.24, 2.45) is 0 Å². The second-order valence-corrected chi connectivity index (χ2v) is 4.25. The Labute approximate surface area is 109 Å². The zero-order valence-electron chi connectivity index (χ0n) is 10.5. The summed E-state index contributed by atoms with van der Waals surface area (Å²) in [5.41, 5.74) is 3.75. The third-order valence-corrected chi connectivity index (χ3v) is 2.73. The highest BCUT2D eigenvalue weighted by Gasteiger charge is 2.02. The van der Waals surface area contributed by atoms with Gasteiger partial charge in [0.15, 0.2) is 0 Å². The molecule has 0 aliphatic carbocycles. The van der Waals surface area contributed by atoms with Gasteiger partial charge in [0.25, 0.3) is 0 Å². The molecule has 0 heterocycles. The van der Waals surface area contributed by atoms with E-state index in [9.17, 15) is 0 Å². The monoisotopic (exact) mass is 253 g/mol. The molecule has 1 aromatic carbocycles. The molecular formula is C14H20ClNO. The lowest BCUT2D eigenvalue weighted by Crippen LogP contribution is -2.14. The van der Waals surface area contributed by atoms with Crippen molar-refractivity contribution in [3.8, 4) is 5.75 Å². The van der Waals surface area contributed by atoms with Crippen LogP contribution in [0.4, 0.5) is 0 Å². The van der Waals surface area contributed by atoms with Gasteiger partial charge >= 0.3 is 0 Å². The van der Waals surface area contributed by atoms with Crippen LogP contribution in [0.15, 0.2) is 35.4 Å². The molecule has 1 N–H and O–H groups in total. The molecule has 0 saturated heterocycles. The van der Waals surface area contributed by atoms with Crippen molar-refractivity contribution in [1.29, 1.82) is 0 Å². The van der Waals surface area contributed by atoms with E-state index in [0.717, 1.165) is 30.8 Å². The van der Waals surface area contributed by atoms with Gasteiger partial charge in [-0.2, -0.15) is 0 Å². The van der Waals surface area contributed by atoms with Crippen molar-refractivity contribution in [1.82, 2.24) is 5.32 Å². The molecule has 0 spiro atoms. The summed E-state index contributed by atoms with van der Waals surface area (Å²) in [6, 6.07) is 8.08. The predicted molar refractivity (Wildman–Crippen MR) is 73.5 cm³/mol. The van der Waals surface area contributed by atoms with Crippen LogP contribution in [-0.4, -0.2) is 13.2 Å². The summed E-state index contributed by atoms with van der Waals surface area (Å²) in [7, 11) is 0. The van der Waals surface area contributed by atoms with Gasteiger partial charge in [-0.3, -0.25) is 0 Å². The second-order valence-electron chi connectivity index (χ2n) is 4.03. The minimum absolute atomic E-state index is 0.536. The maximum Gasteiger partial charge on any atom is 0.124 e. The highest BCUT2D eigenvalue weighted by molar-refractivity contribution is 6.25. The molecule has 0 amide bonds. The van der Waals surface area contributed by atoms with Crippen LogP contribution in [0.25, 0.3) is 0 Å². The molecule has 0 saturated carbocycles. The first-order valence-corrected chi connectivity index (χ1v) is 6.38. The highest BCUT2D eigenvalue weighted by Crippen LogP contribution is 2.18. The Morgan fingerprint density at radius 3 is 2.88 bits per heavy atom. The van der Waals surface area contributed by atoms with E-state index in [-0.39, 0.29) is 0 Å². The van der Waals surface area contributed by atoms with Crippen LogP contribution in [0.2, 0.25) is 0 Å². The topological polar surface area (TPSA) is 21.3 Å². The van der Waals surface area contributed by atoms with Crippen LogP contribution >= 0.6 is 11.6 Å². The zero-order valence-corrected chi connectivity index (χ0v) is 11.3. The van der Waals surface area contributed by atoms with Crippen LogP contribution in [-0.2, 0) is 6.54 Å². The molecule has 94 valence electrons. The smallest absolute Gasteiger partial charge is 0.124 e. The van der Waals surface area contributed by atoms with Crippen LogP contribution in [0, 0.1) is 0 Å². The molecule has 0 fully saturated rings. The number of benzene rings is 1. The Bertz CT molecular complexity index is 363. The van der Waals surface area contributed by atoms with Gasteiger partial charge in [0.05, 0.1) is 0 Å². The van der Waals surface area contributed by atoms with E-state index in [2.05, 4.69) is 18.3 Å². The number of halogens is 1. The van der Waals surface area contributed by atoms with E-state index in [4.69, 9.17) is 16.3 Å². The average Bonchev–Trinajstić information content (AvgIpc) is 2.37. The first-order valence-electron chi connectivity index (χ1n) is 5.95. The van der Waals surface area contributed by atoms with E-state index < -0.39 is 0 Å². The van der Waals surface area contributed by atoms with Gasteiger partial charge in [0.1, 0.15) is 12.4 Å². The van der Waals surface area contributed by atoms with E-state index >= 15 is 0 Å². The van der Waals surface area contributed by atoms with E-state index in [1.165, 1.54) is 5.56 Å². The average molecular weight is 254 g/mol. The Morgan fingerprint density at radius 1 is 1.41 bits per heavy atom. The molecule has 0 aliphatic rings. The van der Waals surface area contributed by atoms with Gasteiger partial charge < -0.3 is 10.1 Å². The fourth-order valence-electron chi connectivity index (χ4n) is 1.41. The van der Waals surface area contributed by atoms with Crippen LogP contribution < -0.4 is 10.1 Å². The molecule has 0 unspecified atom stereocenters. The molecule has 1 rings (SSSR count). The fourth-order valence-corrected chi connectivity index (χ4v) is 1.48. The van der Waals surface area contributed by atoms with Crippen molar-refractivity contribution in [3.05, 3.63) is 40.9 Å². The molecule has 1 aromatic rings. The van der Waals surface area contributed by atoms with Crippen molar-refractivity contribution in [2.75, 3.05) is 13.2 Å². The first kappa shape index (κ1) is 14.1. The van der Waals surface area contributed by atoms with Gasteiger partial charge in [0.2, 0.25) is 0 Å². The zero-order chi connectivity index (χ0) is 12.5. The second kappa shape index (κ2) is 8.15. The van der Waals surface area contributed by atoms with Crippen molar-refractivity contribution in [2.45, 2.75) is 26.8 Å². The molecular weight excluding hydrogens is 234 g/mol. The van der Waals surface area contributed by atoms with Gasteiger partial charge in [-0.1, -0.05) is 36.7 Å². The quantitative estimate of drug-likeness (QED) is 0.748. The lowest BCUT2D eigenvalue weighted by Gasteiger charge is -2.11. The summed E-state index contributed by atoms with van der Waals surface area (Å²) in [5, 5.41) is 3.37. The molecule has 0 atom stereocenters. The highest BCUT2D eigenvalue weighted by atomic mass is 35.5. The van der Waals surface area contributed by atoms with Gasteiger partial charge in [-0.15, -0.1) is 0 Å². The molecule has 0 bridgehead atoms. The first-order chi connectivity index (χ1) is 8.27. The molecule has 17 heavy (non-hydrogen) atoms. The Kier molecular flexibility index (Phi) is 6.75. The van der Waals surface area contributed by atoms with Crippen LogP contribution in [0.5, 0.6) is 5.75 Å². The maximum atomic E-state index is 5.73. The normalized spacial score (nSPS) is 11.6. The number of hydrogen-bond acceptors (Lipinski definition) is 2. The number of ether oxygens (including phenoxy) is 1. The van der Waals surface area contributed by atoms with Gasteiger partial charge in [0, 0.05) is 17.6 Å². The van der Waals surface area contributed by atoms with Gasteiger partial charge in [-0.25, -0.2) is 0 Å². The standard InChI is InChI=1S/C14H20ClNO/c1-3-8-16-10-13-6-4-5-7-14(13)17-11-12(2)9-15/h4-7,9,16H,3,8,10-11H2,1-2H3/b12-9+. The molecule has 0 aliphatic heterocycles. The Morgan fingerprint density at radius 2 is 2.18 bits per heavy atom. The van der Waals surface area contributed by atoms with Crippen LogP contribution in [0.3, 0.4) is 0 Å². The number of para-hydroxylation sites is 1. The summed E-state index contributed by atoms with van der Waals surface area (Å²) in [5.74, 6) is 0.925. The molecule has 3 heteroatoms. The molecule has 0 aromatic heterocycles. The number of hydrogen-bond donors (Lipinski definition) is 1. The van der Waals surface area contributed by atoms with E-state index in [1.807, 2.05) is 25.1 Å². The summed E-state index contributed by atoms with van der Waals surface area (Å²) in [4.78, 5) is 0. The summed E-state index contributed by atoms with van der Waals surface area (Å²) >= 11 is 5.61. The van der Waals surface area contributed by atoms with E-state index in [1.54, 1.807) is 5.54 Å². The molecule has 2 nitrogen and oxygen atoms in total. The Hall–Kier alpha value is -0.990. The number of nitrogens with one attached hydrogen (secondary N) is 1. The third kappa shape index (κ3) is 5.24. The Balaban J connectivity index is 2.57. The minimum atomic E-state index is 0.536. The van der Waals surface area contributed by atoms with Crippen molar-refractivity contribution < 1.29 is 4.74 Å². The molecule has 0 radical (unpaired) electrons. The lowest BCUT2D eigenvalue weighted by atomic mass is 10.2. The summed E-state index contributed by atoms with van der Waals surface area (Å²) in [6.07, 6.45) is 1.14. The lowest BCUT2D eigenvalue weighted by molar-refractivity contribution is 0.347.